The smallest absolute Gasteiger partial charge is 0.491 e. The Morgan fingerprint density at radius 1 is 1.30 bits per heavy atom. The number of rotatable bonds is 3. The molecule has 0 aliphatic carbocycles. The molecule has 4 rings (SSSR count). The normalized spacial score (nSPS) is 38.8. The van der Waals surface area contributed by atoms with Crippen molar-refractivity contribution in [1.29, 1.82) is 0 Å². The Balaban J connectivity index is 1.43. The van der Waals surface area contributed by atoms with Crippen molar-refractivity contribution in [2.45, 2.75) is 13.0 Å². The highest BCUT2D eigenvalue weighted by molar-refractivity contribution is 6.54. The number of aryl methyl sites for hydroxylation is 1. The molecule has 0 bridgehead atoms. The molecule has 0 spiro atoms. The second-order valence-electron chi connectivity index (χ2n) is 6.08. The van der Waals surface area contributed by atoms with Gasteiger partial charge in [-0.3, -0.25) is 0 Å². The second-order valence-corrected chi connectivity index (χ2v) is 6.08. The predicted octanol–water partition coefficient (Wildman–Crippen LogP) is 1.09. The summed E-state index contributed by atoms with van der Waals surface area (Å²) in [5.41, 5.74) is 1.20. The number of nitrogens with zero attached hydrogens (tertiary/aromatic N) is 1. The maximum absolute atomic E-state index is 6.10. The standard InChI is InChI=1S/C14H20BNO4/c1-12-3-2-4-13(9-12)17-11-14-10-16-5-7-18-15(16,20-14)19-8-6-16/h2-4,9,14H,5-8,10-11H2,1H3/t14-,15?,16?/m0/s1. The molecule has 6 heteroatoms. The monoisotopic (exact) mass is 277 g/mol. The van der Waals surface area contributed by atoms with E-state index < -0.39 is 6.89 Å². The summed E-state index contributed by atoms with van der Waals surface area (Å²) in [5.74, 6) is 0.896. The van der Waals surface area contributed by atoms with Gasteiger partial charge >= 0.3 is 6.89 Å². The van der Waals surface area contributed by atoms with Crippen LogP contribution in [0.5, 0.6) is 5.75 Å². The van der Waals surface area contributed by atoms with Crippen LogP contribution in [0.3, 0.4) is 0 Å². The molecule has 3 heterocycles. The van der Waals surface area contributed by atoms with Crippen LogP contribution in [-0.4, -0.2) is 56.8 Å². The SMILES string of the molecule is Cc1cccc(OC[C@@H]2C[N+]34CCO[B-]3(OCC4)O2)c1. The fourth-order valence-electron chi connectivity index (χ4n) is 3.76. The van der Waals surface area contributed by atoms with Gasteiger partial charge in [-0.25, -0.2) is 0 Å². The molecule has 3 aliphatic heterocycles. The minimum Gasteiger partial charge on any atom is -0.491 e. The first-order valence-electron chi connectivity index (χ1n) is 7.36. The van der Waals surface area contributed by atoms with Gasteiger partial charge in [-0.1, -0.05) is 12.1 Å². The molecule has 0 saturated carbocycles. The van der Waals surface area contributed by atoms with E-state index in [1.54, 1.807) is 0 Å². The van der Waals surface area contributed by atoms with Gasteiger partial charge < -0.3 is 23.1 Å². The number of quaternary nitrogens is 1. The van der Waals surface area contributed by atoms with Gasteiger partial charge in [0.1, 0.15) is 18.5 Å². The van der Waals surface area contributed by atoms with E-state index in [0.29, 0.717) is 6.61 Å². The molecular weight excluding hydrogens is 257 g/mol. The third kappa shape index (κ3) is 1.79. The van der Waals surface area contributed by atoms with Gasteiger partial charge in [0, 0.05) is 0 Å². The third-order valence-electron chi connectivity index (χ3n) is 4.76. The van der Waals surface area contributed by atoms with E-state index in [2.05, 4.69) is 13.0 Å². The van der Waals surface area contributed by atoms with E-state index in [1.165, 1.54) is 5.56 Å². The minimum absolute atomic E-state index is 0.0520. The quantitative estimate of drug-likeness (QED) is 0.775. The molecule has 1 aromatic rings. The van der Waals surface area contributed by atoms with Crippen molar-refractivity contribution in [2.75, 3.05) is 39.5 Å². The van der Waals surface area contributed by atoms with Gasteiger partial charge in [-0.05, 0) is 24.6 Å². The Bertz CT molecular complexity index is 494. The van der Waals surface area contributed by atoms with Gasteiger partial charge in [0.05, 0.1) is 32.8 Å². The Morgan fingerprint density at radius 2 is 2.10 bits per heavy atom. The average molecular weight is 277 g/mol. The summed E-state index contributed by atoms with van der Waals surface area (Å²) in [5, 5.41) is 0. The average Bonchev–Trinajstić information content (AvgIpc) is 2.97. The van der Waals surface area contributed by atoms with E-state index in [1.807, 2.05) is 18.2 Å². The molecule has 0 N–H and O–H groups in total. The first-order chi connectivity index (χ1) is 9.71. The Kier molecular flexibility index (Phi) is 2.82. The highest BCUT2D eigenvalue weighted by Crippen LogP contribution is 2.41. The highest BCUT2D eigenvalue weighted by atomic mass is 16.8. The molecule has 3 aliphatic rings. The van der Waals surface area contributed by atoms with Gasteiger partial charge in [-0.2, -0.15) is 0 Å². The maximum Gasteiger partial charge on any atom is 0.625 e. The van der Waals surface area contributed by atoms with Crippen molar-refractivity contribution in [3.8, 4) is 5.75 Å². The zero-order valence-electron chi connectivity index (χ0n) is 11.8. The third-order valence-corrected chi connectivity index (χ3v) is 4.76. The van der Waals surface area contributed by atoms with Crippen molar-refractivity contribution in [1.82, 2.24) is 0 Å². The van der Waals surface area contributed by atoms with E-state index >= 15 is 0 Å². The van der Waals surface area contributed by atoms with Crippen molar-refractivity contribution in [3.63, 3.8) is 0 Å². The minimum atomic E-state index is -1.56. The summed E-state index contributed by atoms with van der Waals surface area (Å²) >= 11 is 0. The highest BCUT2D eigenvalue weighted by Gasteiger charge is 2.66. The van der Waals surface area contributed by atoms with Crippen LogP contribution in [0.15, 0.2) is 24.3 Å². The summed E-state index contributed by atoms with van der Waals surface area (Å²) in [6.45, 7) is 5.48. The first-order valence-corrected chi connectivity index (χ1v) is 7.36. The molecule has 0 amide bonds. The van der Waals surface area contributed by atoms with Crippen LogP contribution in [0.4, 0.5) is 0 Å². The van der Waals surface area contributed by atoms with Crippen LogP contribution in [0.1, 0.15) is 5.56 Å². The predicted molar refractivity (Wildman–Crippen MR) is 74.1 cm³/mol. The molecule has 0 radical (unpaired) electrons. The molecule has 3 fully saturated rings. The number of ether oxygens (including phenoxy) is 1. The Labute approximate surface area is 119 Å². The number of hydrogen-bond acceptors (Lipinski definition) is 4. The van der Waals surface area contributed by atoms with E-state index in [4.69, 9.17) is 18.7 Å². The maximum atomic E-state index is 6.10. The van der Waals surface area contributed by atoms with Crippen molar-refractivity contribution in [2.24, 2.45) is 0 Å². The van der Waals surface area contributed by atoms with Crippen LogP contribution in [-0.2, 0) is 14.0 Å². The fraction of sp³-hybridized carbons (Fsp3) is 0.571. The zero-order valence-corrected chi connectivity index (χ0v) is 11.8. The summed E-state index contributed by atoms with van der Waals surface area (Å²) in [6.07, 6.45) is 0.0520. The topological polar surface area (TPSA) is 36.9 Å². The summed E-state index contributed by atoms with van der Waals surface area (Å²) < 4.78 is 24.4. The molecule has 3 saturated heterocycles. The molecule has 0 unspecified atom stereocenters. The second kappa shape index (κ2) is 4.46. The zero-order chi connectivity index (χ0) is 13.6. The lowest BCUT2D eigenvalue weighted by atomic mass is 9.94. The van der Waals surface area contributed by atoms with Crippen molar-refractivity contribution >= 4 is 6.89 Å². The van der Waals surface area contributed by atoms with Crippen molar-refractivity contribution in [3.05, 3.63) is 29.8 Å². The van der Waals surface area contributed by atoms with Crippen LogP contribution in [0.25, 0.3) is 0 Å². The van der Waals surface area contributed by atoms with Gasteiger partial charge in [0.25, 0.3) is 0 Å². The summed E-state index contributed by atoms with van der Waals surface area (Å²) in [6, 6.07) is 8.09. The van der Waals surface area contributed by atoms with Crippen LogP contribution < -0.4 is 4.74 Å². The van der Waals surface area contributed by atoms with Gasteiger partial charge in [0.2, 0.25) is 0 Å². The largest absolute Gasteiger partial charge is 0.625 e. The molecular formula is C14H20BNO4. The van der Waals surface area contributed by atoms with E-state index in [9.17, 15) is 0 Å². The molecule has 1 aromatic carbocycles. The van der Waals surface area contributed by atoms with Crippen molar-refractivity contribution < 1.29 is 23.1 Å². The lowest BCUT2D eigenvalue weighted by molar-refractivity contribution is -0.816. The lowest BCUT2D eigenvalue weighted by Crippen LogP contribution is -2.59. The first kappa shape index (κ1) is 12.6. The van der Waals surface area contributed by atoms with Crippen LogP contribution in [0, 0.1) is 6.92 Å². The summed E-state index contributed by atoms with van der Waals surface area (Å²) in [7, 11) is 0. The molecule has 0 aromatic heterocycles. The van der Waals surface area contributed by atoms with Gasteiger partial charge in [-0.15, -0.1) is 0 Å². The fourth-order valence-corrected chi connectivity index (χ4v) is 3.76. The Hall–Kier alpha value is -1.08. The molecule has 108 valence electrons. The van der Waals surface area contributed by atoms with E-state index in [-0.39, 0.29) is 6.10 Å². The van der Waals surface area contributed by atoms with Crippen LogP contribution in [0.2, 0.25) is 0 Å². The molecule has 1 atom stereocenters. The van der Waals surface area contributed by atoms with Crippen LogP contribution >= 0.6 is 0 Å². The molecule has 20 heavy (non-hydrogen) atoms. The summed E-state index contributed by atoms with van der Waals surface area (Å²) in [4.78, 5) is 0. The van der Waals surface area contributed by atoms with E-state index in [0.717, 1.165) is 43.0 Å². The van der Waals surface area contributed by atoms with Gasteiger partial charge in [0.15, 0.2) is 0 Å². The number of hydrogen-bond donors (Lipinski definition) is 0. The number of benzene rings is 1. The molecule has 5 nitrogen and oxygen atoms in total. The Morgan fingerprint density at radius 3 is 2.80 bits per heavy atom. The lowest BCUT2D eigenvalue weighted by Gasteiger charge is -2.37.